The smallest absolute Gasteiger partial charge is 0.244 e. The van der Waals surface area contributed by atoms with Crippen LogP contribution in [0.4, 0.5) is 0 Å². The van der Waals surface area contributed by atoms with Crippen LogP contribution in [0, 0.1) is 0 Å². The van der Waals surface area contributed by atoms with Crippen molar-refractivity contribution < 1.29 is 4.79 Å². The second-order valence-electron chi connectivity index (χ2n) is 4.80. The lowest BCUT2D eigenvalue weighted by Crippen LogP contribution is -2.25. The maximum Gasteiger partial charge on any atom is 0.244 e. The number of nitrogens with one attached hydrogen (secondary N) is 1. The molecule has 0 atom stereocenters. The molecule has 2 aromatic heterocycles. The van der Waals surface area contributed by atoms with E-state index in [-0.39, 0.29) is 5.91 Å². The molecule has 0 aliphatic carbocycles. The SMILES string of the molecule is CC(C)c1nncn1CCNC(=O)C=Cc1ccc(Cl)s1. The maximum atomic E-state index is 11.7. The first-order chi connectivity index (χ1) is 10.1. The van der Waals surface area contributed by atoms with Crippen molar-refractivity contribution in [2.24, 2.45) is 0 Å². The molecule has 21 heavy (non-hydrogen) atoms. The van der Waals surface area contributed by atoms with Crippen LogP contribution in [0.2, 0.25) is 4.34 Å². The molecule has 0 saturated carbocycles. The minimum atomic E-state index is -0.126. The van der Waals surface area contributed by atoms with Gasteiger partial charge in [0.1, 0.15) is 12.2 Å². The molecule has 2 heterocycles. The molecule has 0 fully saturated rings. The lowest BCUT2D eigenvalue weighted by atomic mass is 10.2. The van der Waals surface area contributed by atoms with Crippen molar-refractivity contribution >= 4 is 34.9 Å². The summed E-state index contributed by atoms with van der Waals surface area (Å²) in [6, 6.07) is 3.69. The third-order valence-corrected chi connectivity index (χ3v) is 4.00. The largest absolute Gasteiger partial charge is 0.351 e. The summed E-state index contributed by atoms with van der Waals surface area (Å²) in [6.45, 7) is 5.32. The third-order valence-electron chi connectivity index (χ3n) is 2.81. The molecule has 1 amide bonds. The van der Waals surface area contributed by atoms with Crippen molar-refractivity contribution in [2.45, 2.75) is 26.3 Å². The first kappa shape index (κ1) is 15.7. The topological polar surface area (TPSA) is 59.8 Å². The standard InChI is InChI=1S/C14H17ClN4OS/c1-10(2)14-18-17-9-19(14)8-7-16-13(20)6-4-11-3-5-12(15)21-11/h3-6,9-10H,7-8H2,1-2H3,(H,16,20). The highest BCUT2D eigenvalue weighted by atomic mass is 35.5. The van der Waals surface area contributed by atoms with E-state index >= 15 is 0 Å². The Morgan fingerprint density at radius 3 is 3.00 bits per heavy atom. The first-order valence-electron chi connectivity index (χ1n) is 6.65. The number of halogens is 1. The van der Waals surface area contributed by atoms with Gasteiger partial charge >= 0.3 is 0 Å². The van der Waals surface area contributed by atoms with Crippen LogP contribution in [0.1, 0.15) is 30.5 Å². The van der Waals surface area contributed by atoms with Crippen LogP contribution < -0.4 is 5.32 Å². The van der Waals surface area contributed by atoms with Crippen LogP contribution in [0.15, 0.2) is 24.5 Å². The quantitative estimate of drug-likeness (QED) is 0.831. The van der Waals surface area contributed by atoms with E-state index in [0.717, 1.165) is 10.7 Å². The summed E-state index contributed by atoms with van der Waals surface area (Å²) < 4.78 is 2.66. The molecule has 2 aromatic rings. The van der Waals surface area contributed by atoms with Crippen molar-refractivity contribution in [3.05, 3.63) is 39.6 Å². The number of rotatable bonds is 6. The Hall–Kier alpha value is -1.66. The van der Waals surface area contributed by atoms with Gasteiger partial charge in [0.15, 0.2) is 0 Å². The number of aromatic nitrogens is 3. The van der Waals surface area contributed by atoms with E-state index in [2.05, 4.69) is 29.4 Å². The van der Waals surface area contributed by atoms with Crippen molar-refractivity contribution in [3.63, 3.8) is 0 Å². The van der Waals surface area contributed by atoms with Gasteiger partial charge in [-0.1, -0.05) is 25.4 Å². The Morgan fingerprint density at radius 1 is 1.52 bits per heavy atom. The number of hydrogen-bond donors (Lipinski definition) is 1. The molecule has 0 radical (unpaired) electrons. The lowest BCUT2D eigenvalue weighted by Gasteiger charge is -2.08. The van der Waals surface area contributed by atoms with Gasteiger partial charge in [-0.05, 0) is 18.2 Å². The monoisotopic (exact) mass is 324 g/mol. The van der Waals surface area contributed by atoms with E-state index in [9.17, 15) is 4.79 Å². The highest BCUT2D eigenvalue weighted by molar-refractivity contribution is 7.17. The molecule has 0 aliphatic heterocycles. The highest BCUT2D eigenvalue weighted by Gasteiger charge is 2.07. The van der Waals surface area contributed by atoms with E-state index < -0.39 is 0 Å². The predicted octanol–water partition coefficient (Wildman–Crippen LogP) is 2.95. The number of carbonyl (C=O) groups is 1. The molecule has 0 bridgehead atoms. The minimum absolute atomic E-state index is 0.126. The average Bonchev–Trinajstić information content (AvgIpc) is 3.05. The first-order valence-corrected chi connectivity index (χ1v) is 7.84. The molecule has 0 aliphatic rings. The van der Waals surface area contributed by atoms with Crippen molar-refractivity contribution in [2.75, 3.05) is 6.54 Å². The van der Waals surface area contributed by atoms with Gasteiger partial charge in [0.05, 0.1) is 4.34 Å². The molecule has 0 aromatic carbocycles. The number of amides is 1. The van der Waals surface area contributed by atoms with Gasteiger partial charge in [0, 0.05) is 30.0 Å². The lowest BCUT2D eigenvalue weighted by molar-refractivity contribution is -0.116. The zero-order chi connectivity index (χ0) is 15.2. The summed E-state index contributed by atoms with van der Waals surface area (Å²) in [5.74, 6) is 1.11. The number of nitrogens with zero attached hydrogens (tertiary/aromatic N) is 3. The highest BCUT2D eigenvalue weighted by Crippen LogP contribution is 2.22. The second-order valence-corrected chi connectivity index (χ2v) is 6.55. The Kier molecular flexibility index (Phi) is 5.52. The van der Waals surface area contributed by atoms with Crippen molar-refractivity contribution in [1.82, 2.24) is 20.1 Å². The van der Waals surface area contributed by atoms with Crippen LogP contribution in [-0.2, 0) is 11.3 Å². The summed E-state index contributed by atoms with van der Waals surface area (Å²) in [7, 11) is 0. The number of hydrogen-bond acceptors (Lipinski definition) is 4. The summed E-state index contributed by atoms with van der Waals surface area (Å²) in [5, 5.41) is 10.8. The molecule has 0 unspecified atom stereocenters. The molecule has 0 spiro atoms. The van der Waals surface area contributed by atoms with Gasteiger partial charge in [-0.2, -0.15) is 0 Å². The van der Waals surface area contributed by atoms with E-state index in [1.807, 2.05) is 16.7 Å². The molecular weight excluding hydrogens is 308 g/mol. The van der Waals surface area contributed by atoms with Gasteiger partial charge in [0.25, 0.3) is 0 Å². The van der Waals surface area contributed by atoms with Gasteiger partial charge in [-0.25, -0.2) is 0 Å². The fourth-order valence-corrected chi connectivity index (χ4v) is 2.78. The fraction of sp³-hybridized carbons (Fsp3) is 0.357. The van der Waals surface area contributed by atoms with Gasteiger partial charge in [0.2, 0.25) is 5.91 Å². The molecule has 5 nitrogen and oxygen atoms in total. The zero-order valence-electron chi connectivity index (χ0n) is 11.9. The normalized spacial score (nSPS) is 11.4. The van der Waals surface area contributed by atoms with E-state index in [1.165, 1.54) is 17.4 Å². The molecule has 1 N–H and O–H groups in total. The Labute approximate surface area is 132 Å². The summed E-state index contributed by atoms with van der Waals surface area (Å²) in [4.78, 5) is 12.7. The van der Waals surface area contributed by atoms with Crippen molar-refractivity contribution in [3.8, 4) is 0 Å². The summed E-state index contributed by atoms with van der Waals surface area (Å²) in [6.07, 6.45) is 4.95. The molecular formula is C14H17ClN4OS. The van der Waals surface area contributed by atoms with E-state index in [1.54, 1.807) is 12.4 Å². The minimum Gasteiger partial charge on any atom is -0.351 e. The van der Waals surface area contributed by atoms with E-state index in [0.29, 0.717) is 23.3 Å². The Morgan fingerprint density at radius 2 is 2.33 bits per heavy atom. The van der Waals surface area contributed by atoms with Crippen LogP contribution in [0.25, 0.3) is 6.08 Å². The predicted molar refractivity (Wildman–Crippen MR) is 85.5 cm³/mol. The zero-order valence-corrected chi connectivity index (χ0v) is 13.5. The Balaban J connectivity index is 1.79. The fourth-order valence-electron chi connectivity index (χ4n) is 1.82. The van der Waals surface area contributed by atoms with Crippen LogP contribution >= 0.6 is 22.9 Å². The van der Waals surface area contributed by atoms with Crippen molar-refractivity contribution in [1.29, 1.82) is 0 Å². The van der Waals surface area contributed by atoms with Crippen LogP contribution in [-0.4, -0.2) is 27.2 Å². The summed E-state index contributed by atoms with van der Waals surface area (Å²) >= 11 is 7.26. The molecule has 7 heteroatoms. The Bertz CT molecular complexity index is 632. The molecule has 0 saturated heterocycles. The van der Waals surface area contributed by atoms with Gasteiger partial charge in [-0.15, -0.1) is 21.5 Å². The maximum absolute atomic E-state index is 11.7. The summed E-state index contributed by atoms with van der Waals surface area (Å²) in [5.41, 5.74) is 0. The molecule has 2 rings (SSSR count). The average molecular weight is 325 g/mol. The van der Waals surface area contributed by atoms with Crippen LogP contribution in [0.5, 0.6) is 0 Å². The van der Waals surface area contributed by atoms with E-state index in [4.69, 9.17) is 11.6 Å². The van der Waals surface area contributed by atoms with Gasteiger partial charge < -0.3 is 9.88 Å². The second kappa shape index (κ2) is 7.38. The number of thiophene rings is 1. The van der Waals surface area contributed by atoms with Crippen LogP contribution in [0.3, 0.4) is 0 Å². The molecule has 112 valence electrons. The number of carbonyl (C=O) groups excluding carboxylic acids is 1. The third kappa shape index (κ3) is 4.68. The van der Waals surface area contributed by atoms with Gasteiger partial charge in [-0.3, -0.25) is 4.79 Å².